The largest absolute Gasteiger partial charge is 0.481 e. The minimum atomic E-state index is -0.801. The molecule has 96 valence electrons. The summed E-state index contributed by atoms with van der Waals surface area (Å²) in [6, 6.07) is 4.18. The molecule has 1 aromatic carbocycles. The Kier molecular flexibility index (Phi) is 3.48. The van der Waals surface area contributed by atoms with E-state index in [0.717, 1.165) is 26.6 Å². The van der Waals surface area contributed by atoms with Crippen LogP contribution in [-0.4, -0.2) is 16.1 Å². The number of carbonyl (C=O) groups is 1. The van der Waals surface area contributed by atoms with Crippen molar-refractivity contribution in [3.05, 3.63) is 33.4 Å². The summed E-state index contributed by atoms with van der Waals surface area (Å²) in [7, 11) is 0. The second-order valence-electron chi connectivity index (χ2n) is 4.88. The number of aliphatic carboxylic acids is 1. The first-order valence-corrected chi connectivity index (χ1v) is 6.71. The fraction of sp³-hybridized carbons (Fsp3) is 0.357. The minimum Gasteiger partial charge on any atom is -0.481 e. The van der Waals surface area contributed by atoms with Crippen molar-refractivity contribution < 1.29 is 9.90 Å². The Bertz CT molecular complexity index is 614. The maximum absolute atomic E-state index is 10.9. The molecule has 18 heavy (non-hydrogen) atoms. The van der Waals surface area contributed by atoms with Crippen LogP contribution in [0.2, 0.25) is 0 Å². The van der Waals surface area contributed by atoms with Gasteiger partial charge in [-0.3, -0.25) is 4.79 Å². The maximum atomic E-state index is 10.9. The quantitative estimate of drug-likeness (QED) is 0.900. The molecule has 0 fully saturated rings. The number of benzene rings is 1. The normalized spacial score (nSPS) is 11.4. The molecule has 0 saturated carbocycles. The second-order valence-corrected chi connectivity index (χ2v) is 5.73. The number of hydrogen-bond donors (Lipinski definition) is 2. The Balaban J connectivity index is 2.70. The van der Waals surface area contributed by atoms with E-state index in [-0.39, 0.29) is 6.42 Å². The fourth-order valence-electron chi connectivity index (χ4n) is 2.17. The maximum Gasteiger partial charge on any atom is 0.307 e. The number of carboxylic acid groups (broad SMARTS) is 1. The SMILES string of the molecule is Cc1[nH]c2c(Br)cc(C(C)C)cc2c1CC(=O)O. The van der Waals surface area contributed by atoms with E-state index in [1.165, 1.54) is 5.56 Å². The summed E-state index contributed by atoms with van der Waals surface area (Å²) in [5.74, 6) is -0.386. The van der Waals surface area contributed by atoms with Gasteiger partial charge in [-0.05, 0) is 52.0 Å². The number of nitrogens with one attached hydrogen (secondary N) is 1. The van der Waals surface area contributed by atoms with Gasteiger partial charge in [0.05, 0.1) is 11.9 Å². The van der Waals surface area contributed by atoms with Crippen molar-refractivity contribution in [2.24, 2.45) is 0 Å². The first kappa shape index (κ1) is 13.1. The summed E-state index contributed by atoms with van der Waals surface area (Å²) in [4.78, 5) is 14.2. The lowest BCUT2D eigenvalue weighted by Crippen LogP contribution is -2.00. The highest BCUT2D eigenvalue weighted by Gasteiger charge is 2.15. The van der Waals surface area contributed by atoms with Gasteiger partial charge in [-0.2, -0.15) is 0 Å². The van der Waals surface area contributed by atoms with Crippen LogP contribution in [0.5, 0.6) is 0 Å². The van der Waals surface area contributed by atoms with Gasteiger partial charge in [0.1, 0.15) is 0 Å². The van der Waals surface area contributed by atoms with Crippen LogP contribution in [0.25, 0.3) is 10.9 Å². The van der Waals surface area contributed by atoms with E-state index in [0.29, 0.717) is 5.92 Å². The first-order chi connectivity index (χ1) is 8.40. The van der Waals surface area contributed by atoms with Gasteiger partial charge in [0.2, 0.25) is 0 Å². The van der Waals surface area contributed by atoms with Gasteiger partial charge >= 0.3 is 5.97 Å². The molecule has 0 bridgehead atoms. The van der Waals surface area contributed by atoms with E-state index < -0.39 is 5.97 Å². The van der Waals surface area contributed by atoms with Crippen molar-refractivity contribution in [3.63, 3.8) is 0 Å². The lowest BCUT2D eigenvalue weighted by molar-refractivity contribution is -0.136. The van der Waals surface area contributed by atoms with E-state index in [2.05, 4.69) is 46.9 Å². The van der Waals surface area contributed by atoms with E-state index in [1.54, 1.807) is 0 Å². The van der Waals surface area contributed by atoms with Crippen molar-refractivity contribution in [1.29, 1.82) is 0 Å². The van der Waals surface area contributed by atoms with Gasteiger partial charge in [-0.15, -0.1) is 0 Å². The molecule has 0 spiro atoms. The monoisotopic (exact) mass is 309 g/mol. The molecule has 2 rings (SSSR count). The van der Waals surface area contributed by atoms with Crippen molar-refractivity contribution in [3.8, 4) is 0 Å². The summed E-state index contributed by atoms with van der Waals surface area (Å²) in [6.07, 6.45) is 0.0554. The van der Waals surface area contributed by atoms with Gasteiger partial charge in [-0.25, -0.2) is 0 Å². The molecule has 4 heteroatoms. The number of carboxylic acids is 1. The molecule has 0 radical (unpaired) electrons. The highest BCUT2D eigenvalue weighted by atomic mass is 79.9. The highest BCUT2D eigenvalue weighted by Crippen LogP contribution is 2.32. The third-order valence-electron chi connectivity index (χ3n) is 3.20. The Hall–Kier alpha value is -1.29. The zero-order valence-electron chi connectivity index (χ0n) is 10.7. The predicted molar refractivity (Wildman–Crippen MR) is 76.2 cm³/mol. The number of hydrogen-bond acceptors (Lipinski definition) is 1. The summed E-state index contributed by atoms with van der Waals surface area (Å²) in [5.41, 5.74) is 3.99. The summed E-state index contributed by atoms with van der Waals surface area (Å²) < 4.78 is 0.989. The van der Waals surface area contributed by atoms with Gasteiger partial charge in [0.15, 0.2) is 0 Å². The fourth-order valence-corrected chi connectivity index (χ4v) is 2.75. The van der Waals surface area contributed by atoms with Crippen molar-refractivity contribution in [1.82, 2.24) is 4.98 Å². The van der Waals surface area contributed by atoms with Crippen LogP contribution in [0.3, 0.4) is 0 Å². The average molecular weight is 310 g/mol. The summed E-state index contributed by atoms with van der Waals surface area (Å²) >= 11 is 3.55. The van der Waals surface area contributed by atoms with Crippen molar-refractivity contribution in [2.45, 2.75) is 33.1 Å². The van der Waals surface area contributed by atoms with Crippen LogP contribution in [0, 0.1) is 6.92 Å². The van der Waals surface area contributed by atoms with Gasteiger partial charge in [0.25, 0.3) is 0 Å². The molecule has 0 atom stereocenters. The topological polar surface area (TPSA) is 53.1 Å². The second kappa shape index (κ2) is 4.76. The average Bonchev–Trinajstić information content (AvgIpc) is 2.56. The molecule has 0 saturated heterocycles. The Morgan fingerprint density at radius 3 is 2.67 bits per heavy atom. The molecule has 0 aliphatic rings. The van der Waals surface area contributed by atoms with Gasteiger partial charge in [0, 0.05) is 15.6 Å². The molecule has 0 amide bonds. The zero-order valence-corrected chi connectivity index (χ0v) is 12.3. The Labute approximate surface area is 114 Å². The lowest BCUT2D eigenvalue weighted by atomic mass is 9.99. The number of H-pyrrole nitrogens is 1. The Morgan fingerprint density at radius 1 is 1.44 bits per heavy atom. The molecule has 0 aliphatic carbocycles. The molecule has 3 nitrogen and oxygen atoms in total. The van der Waals surface area contributed by atoms with Crippen LogP contribution in [-0.2, 0) is 11.2 Å². The number of halogens is 1. The van der Waals surface area contributed by atoms with E-state index in [9.17, 15) is 4.79 Å². The standard InChI is InChI=1S/C14H16BrNO2/c1-7(2)9-4-11-10(6-13(17)18)8(3)16-14(11)12(15)5-9/h4-5,7,16H,6H2,1-3H3,(H,17,18). The van der Waals surface area contributed by atoms with Crippen LogP contribution in [0.4, 0.5) is 0 Å². The predicted octanol–water partition coefficient (Wildman–Crippen LogP) is 3.99. The number of aromatic amines is 1. The third kappa shape index (κ3) is 2.29. The molecule has 1 aromatic heterocycles. The molecule has 2 aromatic rings. The highest BCUT2D eigenvalue weighted by molar-refractivity contribution is 9.10. The van der Waals surface area contributed by atoms with E-state index in [4.69, 9.17) is 5.11 Å². The van der Waals surface area contributed by atoms with Crippen LogP contribution in [0.15, 0.2) is 16.6 Å². The molecular weight excluding hydrogens is 294 g/mol. The number of rotatable bonds is 3. The van der Waals surface area contributed by atoms with Crippen LogP contribution >= 0.6 is 15.9 Å². The number of fused-ring (bicyclic) bond motifs is 1. The van der Waals surface area contributed by atoms with Gasteiger partial charge < -0.3 is 10.1 Å². The molecular formula is C14H16BrNO2. The molecule has 1 heterocycles. The number of aromatic nitrogens is 1. The third-order valence-corrected chi connectivity index (χ3v) is 3.82. The van der Waals surface area contributed by atoms with Crippen LogP contribution in [0.1, 0.15) is 36.6 Å². The summed E-state index contributed by atoms with van der Waals surface area (Å²) in [5, 5.41) is 10.00. The summed E-state index contributed by atoms with van der Waals surface area (Å²) in [6.45, 7) is 6.17. The Morgan fingerprint density at radius 2 is 2.11 bits per heavy atom. The van der Waals surface area contributed by atoms with E-state index in [1.807, 2.05) is 6.92 Å². The van der Waals surface area contributed by atoms with E-state index >= 15 is 0 Å². The first-order valence-electron chi connectivity index (χ1n) is 5.92. The van der Waals surface area contributed by atoms with Gasteiger partial charge in [-0.1, -0.05) is 13.8 Å². The molecule has 0 unspecified atom stereocenters. The zero-order chi connectivity index (χ0) is 13.4. The minimum absolute atomic E-state index is 0.0554. The van der Waals surface area contributed by atoms with Crippen LogP contribution < -0.4 is 0 Å². The molecule has 0 aliphatic heterocycles. The van der Waals surface area contributed by atoms with Crippen molar-refractivity contribution in [2.75, 3.05) is 0 Å². The van der Waals surface area contributed by atoms with Crippen molar-refractivity contribution >= 4 is 32.8 Å². The lowest BCUT2D eigenvalue weighted by Gasteiger charge is -2.07. The molecule has 2 N–H and O–H groups in total. The number of aryl methyl sites for hydroxylation is 1. The smallest absolute Gasteiger partial charge is 0.307 e.